The molecular formula is C16H22N2O3. The largest absolute Gasteiger partial charge is 0.480 e. The fourth-order valence-electron chi connectivity index (χ4n) is 1.74. The molecule has 1 unspecified atom stereocenters. The van der Waals surface area contributed by atoms with Crippen LogP contribution < -0.4 is 10.6 Å². The molecule has 1 rings (SSSR count). The van der Waals surface area contributed by atoms with Crippen molar-refractivity contribution in [3.63, 3.8) is 0 Å². The van der Waals surface area contributed by atoms with Crippen LogP contribution >= 0.6 is 0 Å². The Balaban J connectivity index is 2.63. The van der Waals surface area contributed by atoms with E-state index >= 15 is 0 Å². The van der Waals surface area contributed by atoms with Crippen LogP contribution in [0.5, 0.6) is 0 Å². The molecule has 0 heterocycles. The number of rotatable bonds is 5. The zero-order valence-electron chi connectivity index (χ0n) is 12.6. The Morgan fingerprint density at radius 1 is 1.14 bits per heavy atom. The lowest BCUT2D eigenvalue weighted by Gasteiger charge is -2.26. The average molecular weight is 290 g/mol. The summed E-state index contributed by atoms with van der Waals surface area (Å²) in [6.07, 6.45) is 12.4. The third-order valence-corrected chi connectivity index (χ3v) is 2.63. The predicted octanol–water partition coefficient (Wildman–Crippen LogP) is 1.55. The number of hydrogen-bond acceptors (Lipinski definition) is 3. The first-order valence-electron chi connectivity index (χ1n) is 6.80. The number of carboxylic acids is 1. The molecule has 5 heteroatoms. The molecule has 21 heavy (non-hydrogen) atoms. The van der Waals surface area contributed by atoms with Crippen molar-refractivity contribution in [3.8, 4) is 0 Å². The van der Waals surface area contributed by atoms with Crippen molar-refractivity contribution >= 4 is 11.9 Å². The second-order valence-corrected chi connectivity index (χ2v) is 5.75. The molecule has 0 saturated carbocycles. The second kappa shape index (κ2) is 7.59. The van der Waals surface area contributed by atoms with Gasteiger partial charge < -0.3 is 10.4 Å². The molecule has 0 aromatic carbocycles. The third kappa shape index (κ3) is 6.72. The molecule has 0 aromatic heterocycles. The van der Waals surface area contributed by atoms with Gasteiger partial charge in [-0.1, -0.05) is 30.4 Å². The van der Waals surface area contributed by atoms with E-state index in [1.807, 2.05) is 39.0 Å². The molecule has 0 fully saturated rings. The normalized spacial score (nSPS) is 22.9. The van der Waals surface area contributed by atoms with E-state index in [9.17, 15) is 14.7 Å². The number of carbonyl (C=O) groups is 2. The maximum absolute atomic E-state index is 12.0. The van der Waals surface area contributed by atoms with Gasteiger partial charge in [-0.15, -0.1) is 0 Å². The zero-order chi connectivity index (χ0) is 15.9. The number of hydrogen-bond donors (Lipinski definition) is 3. The van der Waals surface area contributed by atoms with Crippen molar-refractivity contribution in [2.75, 3.05) is 6.54 Å². The van der Waals surface area contributed by atoms with Gasteiger partial charge in [0.15, 0.2) is 0 Å². The van der Waals surface area contributed by atoms with Crippen LogP contribution in [0, 0.1) is 0 Å². The van der Waals surface area contributed by atoms with Gasteiger partial charge in [-0.2, -0.15) is 0 Å². The van der Waals surface area contributed by atoms with Crippen molar-refractivity contribution in [3.05, 3.63) is 48.1 Å². The molecule has 1 amide bonds. The van der Waals surface area contributed by atoms with E-state index in [0.717, 1.165) is 0 Å². The van der Waals surface area contributed by atoms with E-state index in [1.165, 1.54) is 0 Å². The number of aliphatic carboxylic acids is 1. The zero-order valence-corrected chi connectivity index (χ0v) is 12.6. The van der Waals surface area contributed by atoms with Crippen LogP contribution in [0.2, 0.25) is 0 Å². The van der Waals surface area contributed by atoms with E-state index in [0.29, 0.717) is 5.57 Å². The standard InChI is InChI=1S/C16H22N2O3/c1-16(2,3)18-13(15(20)21)11-17-14(19)12-9-7-5-4-6-8-10-12/h4-10,13,18H,11H2,1-3H3,(H,17,19)(H,20,21)/b5-4-,6-4?,7-5?,8-6-,9-7-,10-8?,12-9?,12-10+. The highest BCUT2D eigenvalue weighted by molar-refractivity contribution is 5.96. The van der Waals surface area contributed by atoms with Gasteiger partial charge in [0.1, 0.15) is 6.04 Å². The van der Waals surface area contributed by atoms with Crippen LogP contribution in [0.25, 0.3) is 0 Å². The van der Waals surface area contributed by atoms with Gasteiger partial charge in [0.25, 0.3) is 5.91 Å². The lowest BCUT2D eigenvalue weighted by Crippen LogP contribution is -2.53. The number of carboxylic acid groups (broad SMARTS) is 1. The predicted molar refractivity (Wildman–Crippen MR) is 82.8 cm³/mol. The molecule has 1 aliphatic carbocycles. The maximum Gasteiger partial charge on any atom is 0.322 e. The summed E-state index contributed by atoms with van der Waals surface area (Å²) in [6, 6.07) is -0.831. The summed E-state index contributed by atoms with van der Waals surface area (Å²) in [4.78, 5) is 23.3. The first-order valence-corrected chi connectivity index (χ1v) is 6.80. The summed E-state index contributed by atoms with van der Waals surface area (Å²) in [5.74, 6) is -1.29. The van der Waals surface area contributed by atoms with Crippen LogP contribution in [0.3, 0.4) is 0 Å². The number of amides is 1. The second-order valence-electron chi connectivity index (χ2n) is 5.75. The quantitative estimate of drug-likeness (QED) is 0.718. The molecule has 0 radical (unpaired) electrons. The Bertz CT molecular complexity index is 508. The summed E-state index contributed by atoms with van der Waals surface area (Å²) in [5.41, 5.74) is 0.135. The molecule has 0 spiro atoms. The highest BCUT2D eigenvalue weighted by atomic mass is 16.4. The van der Waals surface area contributed by atoms with Crippen molar-refractivity contribution in [2.24, 2.45) is 0 Å². The topological polar surface area (TPSA) is 78.4 Å². The summed E-state index contributed by atoms with van der Waals surface area (Å²) >= 11 is 0. The van der Waals surface area contributed by atoms with Crippen LogP contribution in [-0.2, 0) is 9.59 Å². The average Bonchev–Trinajstić information content (AvgIpc) is 2.32. The van der Waals surface area contributed by atoms with Gasteiger partial charge in [0, 0.05) is 17.7 Å². The lowest BCUT2D eigenvalue weighted by atomic mass is 10.1. The Morgan fingerprint density at radius 3 is 2.38 bits per heavy atom. The highest BCUT2D eigenvalue weighted by Crippen LogP contribution is 2.04. The maximum atomic E-state index is 12.0. The number of carbonyl (C=O) groups excluding carboxylic acids is 1. The molecule has 0 aromatic rings. The van der Waals surface area contributed by atoms with Gasteiger partial charge >= 0.3 is 5.97 Å². The van der Waals surface area contributed by atoms with E-state index < -0.39 is 12.0 Å². The minimum atomic E-state index is -0.991. The van der Waals surface area contributed by atoms with Gasteiger partial charge in [0.05, 0.1) is 0 Å². The minimum Gasteiger partial charge on any atom is -0.480 e. The monoisotopic (exact) mass is 290 g/mol. The molecule has 0 bridgehead atoms. The van der Waals surface area contributed by atoms with E-state index in [1.54, 1.807) is 24.3 Å². The molecule has 5 nitrogen and oxygen atoms in total. The number of nitrogens with one attached hydrogen (secondary N) is 2. The number of allylic oxidation sites excluding steroid dienone is 6. The van der Waals surface area contributed by atoms with Crippen LogP contribution in [0.15, 0.2) is 48.1 Å². The van der Waals surface area contributed by atoms with Crippen molar-refractivity contribution in [1.82, 2.24) is 10.6 Å². The minimum absolute atomic E-state index is 0.0240. The lowest BCUT2D eigenvalue weighted by molar-refractivity contribution is -0.139. The van der Waals surface area contributed by atoms with Gasteiger partial charge in [-0.3, -0.25) is 14.9 Å². The summed E-state index contributed by atoms with van der Waals surface area (Å²) in [5, 5.41) is 14.8. The summed E-state index contributed by atoms with van der Waals surface area (Å²) < 4.78 is 0. The third-order valence-electron chi connectivity index (χ3n) is 2.63. The van der Waals surface area contributed by atoms with E-state index in [4.69, 9.17) is 0 Å². The van der Waals surface area contributed by atoms with Gasteiger partial charge in [-0.05, 0) is 32.9 Å². The Kier molecular flexibility index (Phi) is 6.11. The molecule has 0 saturated heterocycles. The van der Waals surface area contributed by atoms with Crippen LogP contribution in [-0.4, -0.2) is 35.1 Å². The molecule has 114 valence electrons. The van der Waals surface area contributed by atoms with Crippen LogP contribution in [0.4, 0.5) is 0 Å². The molecular weight excluding hydrogens is 268 g/mol. The molecule has 1 aliphatic rings. The highest BCUT2D eigenvalue weighted by Gasteiger charge is 2.23. The van der Waals surface area contributed by atoms with E-state index in [2.05, 4.69) is 10.6 Å². The van der Waals surface area contributed by atoms with Crippen molar-refractivity contribution in [1.29, 1.82) is 0 Å². The molecule has 1 atom stereocenters. The van der Waals surface area contributed by atoms with Crippen LogP contribution in [0.1, 0.15) is 20.8 Å². The van der Waals surface area contributed by atoms with Crippen molar-refractivity contribution in [2.45, 2.75) is 32.4 Å². The Labute approximate surface area is 125 Å². The van der Waals surface area contributed by atoms with Crippen molar-refractivity contribution < 1.29 is 14.7 Å². The first-order chi connectivity index (χ1) is 9.79. The Hall–Kier alpha value is -2.14. The molecule has 3 N–H and O–H groups in total. The van der Waals surface area contributed by atoms with Gasteiger partial charge in [-0.25, -0.2) is 0 Å². The Morgan fingerprint density at radius 2 is 1.76 bits per heavy atom. The SMILES string of the molecule is CC(C)(C)NC(CNC(=O)C1=C/C=C\C=C/C=C\1)C(=O)O. The smallest absolute Gasteiger partial charge is 0.322 e. The van der Waals surface area contributed by atoms with E-state index in [-0.39, 0.29) is 18.0 Å². The summed E-state index contributed by atoms with van der Waals surface area (Å²) in [6.45, 7) is 5.65. The fraction of sp³-hybridized carbons (Fsp3) is 0.375. The summed E-state index contributed by atoms with van der Waals surface area (Å²) in [7, 11) is 0. The first kappa shape index (κ1) is 16.9. The molecule has 0 aliphatic heterocycles. The van der Waals surface area contributed by atoms with Gasteiger partial charge in [0.2, 0.25) is 0 Å². The fourth-order valence-corrected chi connectivity index (χ4v) is 1.74.